The first kappa shape index (κ1) is 19.4. The van der Waals surface area contributed by atoms with Crippen LogP contribution in [0.15, 0.2) is 53.3 Å². The summed E-state index contributed by atoms with van der Waals surface area (Å²) < 4.78 is 10.4. The van der Waals surface area contributed by atoms with Crippen molar-refractivity contribution in [2.24, 2.45) is 5.92 Å². The Kier molecular flexibility index (Phi) is 5.63. The molecule has 0 saturated carbocycles. The van der Waals surface area contributed by atoms with Gasteiger partial charge in [-0.3, -0.25) is 9.59 Å². The van der Waals surface area contributed by atoms with Gasteiger partial charge in [0.05, 0.1) is 6.26 Å². The standard InChI is InChI=1S/C21H22N2O5/c1-12(2)18(23-20(25)17-9-6-10-27-17)21(26)28-13(3)19(24)15-11-22-16-8-5-4-7-14(15)16/h4-13,18,22H,1-3H3,(H,23,25)/t13-,18-/m0/s1. The van der Waals surface area contributed by atoms with Gasteiger partial charge in [-0.15, -0.1) is 0 Å². The Morgan fingerprint density at radius 3 is 2.50 bits per heavy atom. The van der Waals surface area contributed by atoms with Gasteiger partial charge in [-0.2, -0.15) is 0 Å². The van der Waals surface area contributed by atoms with Crippen LogP contribution in [-0.4, -0.2) is 34.8 Å². The van der Waals surface area contributed by atoms with E-state index in [-0.39, 0.29) is 17.5 Å². The number of aromatic nitrogens is 1. The van der Waals surface area contributed by atoms with Crippen molar-refractivity contribution in [3.8, 4) is 0 Å². The van der Waals surface area contributed by atoms with Crippen LogP contribution in [0.5, 0.6) is 0 Å². The Balaban J connectivity index is 1.70. The second-order valence-corrected chi connectivity index (χ2v) is 6.86. The first-order valence-corrected chi connectivity index (χ1v) is 9.03. The number of carbonyl (C=O) groups excluding carboxylic acids is 3. The molecule has 0 fully saturated rings. The molecule has 0 radical (unpaired) electrons. The molecule has 1 aromatic carbocycles. The predicted molar refractivity (Wildman–Crippen MR) is 103 cm³/mol. The highest BCUT2D eigenvalue weighted by Crippen LogP contribution is 2.20. The summed E-state index contributed by atoms with van der Waals surface area (Å²) in [5.74, 6) is -1.64. The topological polar surface area (TPSA) is 101 Å². The number of nitrogens with one attached hydrogen (secondary N) is 2. The van der Waals surface area contributed by atoms with Crippen molar-refractivity contribution in [2.45, 2.75) is 32.9 Å². The van der Waals surface area contributed by atoms with E-state index in [1.807, 2.05) is 24.3 Å². The van der Waals surface area contributed by atoms with E-state index < -0.39 is 24.0 Å². The van der Waals surface area contributed by atoms with Gasteiger partial charge in [-0.1, -0.05) is 32.0 Å². The predicted octanol–water partition coefficient (Wildman–Crippen LogP) is 3.33. The molecular formula is C21H22N2O5. The van der Waals surface area contributed by atoms with E-state index in [1.165, 1.54) is 19.3 Å². The molecule has 7 nitrogen and oxygen atoms in total. The lowest BCUT2D eigenvalue weighted by molar-refractivity contribution is -0.149. The van der Waals surface area contributed by atoms with Crippen LogP contribution in [0.4, 0.5) is 0 Å². The number of benzene rings is 1. The lowest BCUT2D eigenvalue weighted by Crippen LogP contribution is -2.46. The number of furan rings is 1. The highest BCUT2D eigenvalue weighted by molar-refractivity contribution is 6.10. The molecule has 7 heteroatoms. The second kappa shape index (κ2) is 8.12. The summed E-state index contributed by atoms with van der Waals surface area (Å²) in [6.07, 6.45) is 1.99. The minimum absolute atomic E-state index is 0.0985. The fourth-order valence-electron chi connectivity index (χ4n) is 2.91. The smallest absolute Gasteiger partial charge is 0.329 e. The molecule has 2 heterocycles. The van der Waals surface area contributed by atoms with Crippen LogP contribution >= 0.6 is 0 Å². The summed E-state index contributed by atoms with van der Waals surface area (Å²) in [5, 5.41) is 3.37. The number of ether oxygens (including phenoxy) is 1. The SMILES string of the molecule is CC(C)[C@H](NC(=O)c1ccco1)C(=O)O[C@@H](C)C(=O)c1c[nH]c2ccccc12. The molecule has 1 amide bonds. The minimum atomic E-state index is -0.992. The summed E-state index contributed by atoms with van der Waals surface area (Å²) in [5.41, 5.74) is 1.28. The number of Topliss-reactive ketones (excluding diaryl/α,β-unsaturated/α-hetero) is 1. The van der Waals surface area contributed by atoms with Crippen LogP contribution in [0.1, 0.15) is 41.7 Å². The third-order valence-electron chi connectivity index (χ3n) is 4.47. The third kappa shape index (κ3) is 3.98. The zero-order chi connectivity index (χ0) is 20.3. The van der Waals surface area contributed by atoms with Gasteiger partial charge in [-0.05, 0) is 31.0 Å². The van der Waals surface area contributed by atoms with Crippen molar-refractivity contribution in [1.29, 1.82) is 0 Å². The van der Waals surface area contributed by atoms with Gasteiger partial charge in [-0.25, -0.2) is 4.79 Å². The van der Waals surface area contributed by atoms with E-state index >= 15 is 0 Å². The fraction of sp³-hybridized carbons (Fsp3) is 0.286. The molecule has 3 aromatic rings. The Morgan fingerprint density at radius 2 is 1.82 bits per heavy atom. The van der Waals surface area contributed by atoms with E-state index in [1.54, 1.807) is 26.1 Å². The molecule has 0 aliphatic heterocycles. The van der Waals surface area contributed by atoms with Gasteiger partial charge in [0, 0.05) is 22.7 Å². The Labute approximate surface area is 162 Å². The molecule has 2 N–H and O–H groups in total. The van der Waals surface area contributed by atoms with E-state index in [2.05, 4.69) is 10.3 Å². The first-order valence-electron chi connectivity index (χ1n) is 9.03. The lowest BCUT2D eigenvalue weighted by atomic mass is 10.0. The van der Waals surface area contributed by atoms with Crippen molar-refractivity contribution in [1.82, 2.24) is 10.3 Å². The molecule has 0 unspecified atom stereocenters. The molecule has 0 aliphatic rings. The number of fused-ring (bicyclic) bond motifs is 1. The average molecular weight is 382 g/mol. The van der Waals surface area contributed by atoms with Crippen molar-refractivity contribution in [3.63, 3.8) is 0 Å². The number of esters is 1. The molecule has 0 aliphatic carbocycles. The Bertz CT molecular complexity index is 987. The van der Waals surface area contributed by atoms with Gasteiger partial charge in [0.15, 0.2) is 11.9 Å². The third-order valence-corrected chi connectivity index (χ3v) is 4.47. The zero-order valence-corrected chi connectivity index (χ0v) is 15.9. The normalized spacial score (nSPS) is 13.3. The zero-order valence-electron chi connectivity index (χ0n) is 15.9. The van der Waals surface area contributed by atoms with Crippen molar-refractivity contribution >= 4 is 28.6 Å². The van der Waals surface area contributed by atoms with E-state index in [4.69, 9.17) is 9.15 Å². The Hall–Kier alpha value is -3.35. The molecule has 2 aromatic heterocycles. The average Bonchev–Trinajstić information content (AvgIpc) is 3.34. The molecule has 2 atom stereocenters. The maximum absolute atomic E-state index is 12.8. The molecule has 3 rings (SSSR count). The van der Waals surface area contributed by atoms with Gasteiger partial charge < -0.3 is 19.5 Å². The fourth-order valence-corrected chi connectivity index (χ4v) is 2.91. The van der Waals surface area contributed by atoms with Gasteiger partial charge in [0.2, 0.25) is 5.78 Å². The van der Waals surface area contributed by atoms with Crippen molar-refractivity contribution in [3.05, 3.63) is 60.2 Å². The highest BCUT2D eigenvalue weighted by atomic mass is 16.5. The number of carbonyl (C=O) groups is 3. The van der Waals surface area contributed by atoms with E-state index in [9.17, 15) is 14.4 Å². The minimum Gasteiger partial charge on any atom is -0.459 e. The van der Waals surface area contributed by atoms with Crippen LogP contribution in [-0.2, 0) is 9.53 Å². The van der Waals surface area contributed by atoms with Crippen LogP contribution in [0.2, 0.25) is 0 Å². The maximum Gasteiger partial charge on any atom is 0.329 e. The quantitative estimate of drug-likeness (QED) is 0.482. The number of H-pyrrole nitrogens is 1. The highest BCUT2D eigenvalue weighted by Gasteiger charge is 2.30. The van der Waals surface area contributed by atoms with Crippen molar-refractivity contribution in [2.75, 3.05) is 0 Å². The van der Waals surface area contributed by atoms with Crippen LogP contribution in [0, 0.1) is 5.92 Å². The number of hydrogen-bond donors (Lipinski definition) is 2. The molecule has 0 saturated heterocycles. The summed E-state index contributed by atoms with van der Waals surface area (Å²) in [6.45, 7) is 5.08. The molecular weight excluding hydrogens is 360 g/mol. The van der Waals surface area contributed by atoms with E-state index in [0.717, 1.165) is 10.9 Å². The summed E-state index contributed by atoms with van der Waals surface area (Å²) in [6, 6.07) is 9.57. The number of aromatic amines is 1. The lowest BCUT2D eigenvalue weighted by Gasteiger charge is -2.22. The number of ketones is 1. The van der Waals surface area contributed by atoms with E-state index in [0.29, 0.717) is 5.56 Å². The largest absolute Gasteiger partial charge is 0.459 e. The molecule has 0 bridgehead atoms. The number of hydrogen-bond acceptors (Lipinski definition) is 5. The van der Waals surface area contributed by atoms with Crippen LogP contribution in [0.25, 0.3) is 10.9 Å². The number of rotatable bonds is 7. The summed E-state index contributed by atoms with van der Waals surface area (Å²) in [4.78, 5) is 40.6. The van der Waals surface area contributed by atoms with Crippen LogP contribution < -0.4 is 5.32 Å². The first-order chi connectivity index (χ1) is 13.4. The maximum atomic E-state index is 12.8. The molecule has 146 valence electrons. The monoisotopic (exact) mass is 382 g/mol. The number of amides is 1. The van der Waals surface area contributed by atoms with Gasteiger partial charge in [0.1, 0.15) is 6.04 Å². The Morgan fingerprint density at radius 1 is 1.07 bits per heavy atom. The summed E-state index contributed by atoms with van der Waals surface area (Å²) >= 11 is 0. The second-order valence-electron chi connectivity index (χ2n) is 6.86. The summed E-state index contributed by atoms with van der Waals surface area (Å²) in [7, 11) is 0. The molecule has 0 spiro atoms. The number of para-hydroxylation sites is 1. The van der Waals surface area contributed by atoms with Gasteiger partial charge in [0.25, 0.3) is 5.91 Å². The molecule has 28 heavy (non-hydrogen) atoms. The van der Waals surface area contributed by atoms with Crippen molar-refractivity contribution < 1.29 is 23.5 Å². The van der Waals surface area contributed by atoms with Gasteiger partial charge >= 0.3 is 5.97 Å². The van der Waals surface area contributed by atoms with Crippen LogP contribution in [0.3, 0.4) is 0 Å².